The average Bonchev–Trinajstić information content (AvgIpc) is 2.53. The quantitative estimate of drug-likeness (QED) is 0.690. The van der Waals surface area contributed by atoms with Gasteiger partial charge in [-0.15, -0.1) is 0 Å². The second-order valence-corrected chi connectivity index (χ2v) is 5.13. The van der Waals surface area contributed by atoms with Gasteiger partial charge in [-0.1, -0.05) is 18.2 Å². The number of benzene rings is 2. The summed E-state index contributed by atoms with van der Waals surface area (Å²) in [5.74, 6) is 1.47. The van der Waals surface area contributed by atoms with E-state index in [9.17, 15) is 4.79 Å². The van der Waals surface area contributed by atoms with Crippen LogP contribution in [-0.4, -0.2) is 18.2 Å². The first-order valence-corrected chi connectivity index (χ1v) is 7.03. The molecule has 0 radical (unpaired) electrons. The van der Waals surface area contributed by atoms with Crippen LogP contribution in [-0.2, 0) is 0 Å². The van der Waals surface area contributed by atoms with Gasteiger partial charge in [-0.3, -0.25) is 0 Å². The molecule has 0 bridgehead atoms. The molecule has 0 aliphatic carbocycles. The van der Waals surface area contributed by atoms with Crippen molar-refractivity contribution in [3.05, 3.63) is 52.4 Å². The van der Waals surface area contributed by atoms with E-state index < -0.39 is 5.63 Å². The number of hydrogen-bond donors (Lipinski definition) is 0. The number of hydrogen-bond acceptors (Lipinski definition) is 5. The van der Waals surface area contributed by atoms with Crippen LogP contribution >= 0.6 is 0 Å². The first-order valence-electron chi connectivity index (χ1n) is 7.03. The Bertz CT molecular complexity index is 930. The van der Waals surface area contributed by atoms with E-state index in [4.69, 9.17) is 13.9 Å². The summed E-state index contributed by atoms with van der Waals surface area (Å²) < 4.78 is 16.4. The standard InChI is InChI=1S/C17H13NO4/c1-10-4-2-3-5-11(10)16-18-13-9-15-14(20-6-7-21-15)8-12(13)17(19)22-16/h2-5,8-9H,6-7H2,1H3. The lowest BCUT2D eigenvalue weighted by atomic mass is 10.1. The van der Waals surface area contributed by atoms with Gasteiger partial charge < -0.3 is 13.9 Å². The lowest BCUT2D eigenvalue weighted by Gasteiger charge is -2.18. The van der Waals surface area contributed by atoms with E-state index in [2.05, 4.69) is 4.98 Å². The Morgan fingerprint density at radius 2 is 1.77 bits per heavy atom. The molecule has 0 saturated heterocycles. The minimum Gasteiger partial charge on any atom is -0.486 e. The first-order chi connectivity index (χ1) is 10.7. The van der Waals surface area contributed by atoms with Crippen molar-refractivity contribution in [2.75, 3.05) is 13.2 Å². The third-order valence-corrected chi connectivity index (χ3v) is 3.67. The summed E-state index contributed by atoms with van der Waals surface area (Å²) in [6, 6.07) is 11.0. The van der Waals surface area contributed by atoms with Crippen molar-refractivity contribution in [2.24, 2.45) is 0 Å². The molecule has 0 atom stereocenters. The van der Waals surface area contributed by atoms with E-state index in [0.717, 1.165) is 11.1 Å². The lowest BCUT2D eigenvalue weighted by molar-refractivity contribution is 0.172. The Hall–Kier alpha value is -2.82. The molecule has 2 heterocycles. The van der Waals surface area contributed by atoms with Crippen LogP contribution in [0.5, 0.6) is 11.5 Å². The molecule has 2 aromatic carbocycles. The highest BCUT2D eigenvalue weighted by molar-refractivity contribution is 5.83. The SMILES string of the molecule is Cc1ccccc1-c1nc2cc3c(cc2c(=O)o1)OCCO3. The topological polar surface area (TPSA) is 61.6 Å². The van der Waals surface area contributed by atoms with Gasteiger partial charge in [0.1, 0.15) is 13.2 Å². The Morgan fingerprint density at radius 3 is 2.55 bits per heavy atom. The van der Waals surface area contributed by atoms with Crippen LogP contribution in [0.3, 0.4) is 0 Å². The third kappa shape index (κ3) is 2.02. The van der Waals surface area contributed by atoms with Gasteiger partial charge in [-0.25, -0.2) is 9.78 Å². The summed E-state index contributed by atoms with van der Waals surface area (Å²) in [6.07, 6.45) is 0. The summed E-state index contributed by atoms with van der Waals surface area (Å²) in [5, 5.41) is 0.390. The van der Waals surface area contributed by atoms with E-state index in [-0.39, 0.29) is 0 Å². The first kappa shape index (κ1) is 12.9. The number of fused-ring (bicyclic) bond motifs is 2. The largest absolute Gasteiger partial charge is 0.486 e. The molecule has 1 aliphatic rings. The fourth-order valence-corrected chi connectivity index (χ4v) is 2.54. The Balaban J connectivity index is 1.96. The average molecular weight is 295 g/mol. The highest BCUT2D eigenvalue weighted by Crippen LogP contribution is 2.33. The van der Waals surface area contributed by atoms with E-state index in [1.807, 2.05) is 31.2 Å². The van der Waals surface area contributed by atoms with Crippen LogP contribution in [0.15, 0.2) is 45.6 Å². The summed E-state index contributed by atoms with van der Waals surface area (Å²) in [6.45, 7) is 2.91. The molecule has 1 aliphatic heterocycles. The molecule has 4 rings (SSSR count). The minimum atomic E-state index is -0.430. The lowest BCUT2D eigenvalue weighted by Crippen LogP contribution is -2.16. The molecular weight excluding hydrogens is 282 g/mol. The number of aryl methyl sites for hydroxylation is 1. The zero-order valence-corrected chi connectivity index (χ0v) is 12.0. The monoisotopic (exact) mass is 295 g/mol. The second kappa shape index (κ2) is 4.87. The van der Waals surface area contributed by atoms with Crippen molar-refractivity contribution < 1.29 is 13.9 Å². The molecule has 110 valence electrons. The minimum absolute atomic E-state index is 0.312. The zero-order chi connectivity index (χ0) is 15.1. The number of ether oxygens (including phenoxy) is 2. The molecule has 1 aromatic heterocycles. The van der Waals surface area contributed by atoms with Crippen LogP contribution in [0.2, 0.25) is 0 Å². The summed E-state index contributed by atoms with van der Waals surface area (Å²) >= 11 is 0. The van der Waals surface area contributed by atoms with Gasteiger partial charge in [-0.2, -0.15) is 0 Å². The molecule has 0 saturated carbocycles. The van der Waals surface area contributed by atoms with Crippen molar-refractivity contribution in [1.29, 1.82) is 0 Å². The molecular formula is C17H13NO4. The predicted molar refractivity (Wildman–Crippen MR) is 81.4 cm³/mol. The molecule has 0 fully saturated rings. The van der Waals surface area contributed by atoms with Crippen LogP contribution in [0.1, 0.15) is 5.56 Å². The van der Waals surface area contributed by atoms with Gasteiger partial charge in [0.2, 0.25) is 5.89 Å². The third-order valence-electron chi connectivity index (χ3n) is 3.67. The Labute approximate surface area is 126 Å². The van der Waals surface area contributed by atoms with Crippen LogP contribution < -0.4 is 15.1 Å². The van der Waals surface area contributed by atoms with Crippen molar-refractivity contribution in [2.45, 2.75) is 6.92 Å². The van der Waals surface area contributed by atoms with Crippen LogP contribution in [0.25, 0.3) is 22.4 Å². The fraction of sp³-hybridized carbons (Fsp3) is 0.176. The van der Waals surface area contributed by atoms with Gasteiger partial charge >= 0.3 is 5.63 Å². The van der Waals surface area contributed by atoms with Crippen LogP contribution in [0, 0.1) is 6.92 Å². The van der Waals surface area contributed by atoms with Crippen molar-refractivity contribution >= 4 is 10.9 Å². The number of aromatic nitrogens is 1. The molecule has 0 N–H and O–H groups in total. The van der Waals surface area contributed by atoms with Gasteiger partial charge in [0.25, 0.3) is 0 Å². The van der Waals surface area contributed by atoms with Crippen LogP contribution in [0.4, 0.5) is 0 Å². The highest BCUT2D eigenvalue weighted by Gasteiger charge is 2.17. The van der Waals surface area contributed by atoms with Crippen molar-refractivity contribution in [3.63, 3.8) is 0 Å². The molecule has 5 nitrogen and oxygen atoms in total. The van der Waals surface area contributed by atoms with E-state index in [1.54, 1.807) is 12.1 Å². The molecule has 3 aromatic rings. The Morgan fingerprint density at radius 1 is 1.05 bits per heavy atom. The molecule has 0 spiro atoms. The number of nitrogens with zero attached hydrogens (tertiary/aromatic N) is 1. The van der Waals surface area contributed by atoms with Gasteiger partial charge in [0.15, 0.2) is 11.5 Å². The maximum Gasteiger partial charge on any atom is 0.347 e. The summed E-state index contributed by atoms with van der Waals surface area (Å²) in [7, 11) is 0. The van der Waals surface area contributed by atoms with E-state index in [1.165, 1.54) is 0 Å². The maximum atomic E-state index is 12.3. The molecule has 22 heavy (non-hydrogen) atoms. The molecule has 5 heteroatoms. The fourth-order valence-electron chi connectivity index (χ4n) is 2.54. The van der Waals surface area contributed by atoms with Gasteiger partial charge in [0.05, 0.1) is 10.9 Å². The second-order valence-electron chi connectivity index (χ2n) is 5.13. The van der Waals surface area contributed by atoms with Gasteiger partial charge in [0, 0.05) is 17.7 Å². The van der Waals surface area contributed by atoms with E-state index >= 15 is 0 Å². The summed E-state index contributed by atoms with van der Waals surface area (Å²) in [5.41, 5.74) is 1.91. The van der Waals surface area contributed by atoms with E-state index in [0.29, 0.717) is 41.5 Å². The molecule has 0 amide bonds. The zero-order valence-electron chi connectivity index (χ0n) is 12.0. The predicted octanol–water partition coefficient (Wildman–Crippen LogP) is 2.93. The number of rotatable bonds is 1. The maximum absolute atomic E-state index is 12.3. The Kier molecular flexibility index (Phi) is 2.85. The summed E-state index contributed by atoms with van der Waals surface area (Å²) in [4.78, 5) is 16.7. The highest BCUT2D eigenvalue weighted by atomic mass is 16.6. The van der Waals surface area contributed by atoms with Crippen molar-refractivity contribution in [1.82, 2.24) is 4.98 Å². The normalized spacial score (nSPS) is 13.3. The van der Waals surface area contributed by atoms with Crippen molar-refractivity contribution in [3.8, 4) is 23.0 Å². The van der Waals surface area contributed by atoms with Gasteiger partial charge in [-0.05, 0) is 18.6 Å². The smallest absolute Gasteiger partial charge is 0.347 e. The molecule has 0 unspecified atom stereocenters.